The van der Waals surface area contributed by atoms with Gasteiger partial charge in [0.05, 0.1) is 17.9 Å². The van der Waals surface area contributed by atoms with Crippen molar-refractivity contribution in [1.29, 1.82) is 0 Å². The molecule has 7 heteroatoms. The second kappa shape index (κ2) is 7.76. The number of halogens is 2. The zero-order valence-corrected chi connectivity index (χ0v) is 11.2. The minimum Gasteiger partial charge on any atom is -0.478 e. The first-order chi connectivity index (χ1) is 9.49. The molecule has 4 N–H and O–H groups in total. The summed E-state index contributed by atoms with van der Waals surface area (Å²) >= 11 is 0. The van der Waals surface area contributed by atoms with Crippen molar-refractivity contribution in [3.8, 4) is 0 Å². The lowest BCUT2D eigenvalue weighted by molar-refractivity contribution is 0.0692. The molecule has 0 aliphatic rings. The number of aromatic carboxylic acids is 1. The van der Waals surface area contributed by atoms with Crippen molar-refractivity contribution in [2.75, 3.05) is 25.6 Å². The monoisotopic (exact) mass is 288 g/mol. The van der Waals surface area contributed by atoms with Crippen LogP contribution in [-0.4, -0.2) is 37.4 Å². The van der Waals surface area contributed by atoms with Crippen LogP contribution in [0.3, 0.4) is 0 Å². The molecule has 5 nitrogen and oxygen atoms in total. The highest BCUT2D eigenvalue weighted by atomic mass is 19.1. The summed E-state index contributed by atoms with van der Waals surface area (Å²) in [7, 11) is 1.50. The highest BCUT2D eigenvalue weighted by molar-refractivity contribution is 5.89. The maximum atomic E-state index is 13.7. The van der Waals surface area contributed by atoms with Gasteiger partial charge in [0.25, 0.3) is 0 Å². The van der Waals surface area contributed by atoms with Gasteiger partial charge in [-0.1, -0.05) is 0 Å². The van der Waals surface area contributed by atoms with E-state index in [0.717, 1.165) is 6.07 Å². The molecule has 0 bridgehead atoms. The van der Waals surface area contributed by atoms with E-state index in [4.69, 9.17) is 15.6 Å². The Hall–Kier alpha value is -1.73. The van der Waals surface area contributed by atoms with Crippen molar-refractivity contribution in [2.45, 2.75) is 18.9 Å². The zero-order valence-electron chi connectivity index (χ0n) is 11.2. The van der Waals surface area contributed by atoms with Crippen LogP contribution in [0.5, 0.6) is 0 Å². The van der Waals surface area contributed by atoms with Gasteiger partial charge in [-0.2, -0.15) is 0 Å². The van der Waals surface area contributed by atoms with Crippen LogP contribution in [0.2, 0.25) is 0 Å². The minimum atomic E-state index is -1.45. The van der Waals surface area contributed by atoms with Crippen molar-refractivity contribution in [2.24, 2.45) is 5.73 Å². The van der Waals surface area contributed by atoms with Crippen molar-refractivity contribution in [1.82, 2.24) is 0 Å². The summed E-state index contributed by atoms with van der Waals surface area (Å²) in [4.78, 5) is 10.8. The molecule has 1 atom stereocenters. The van der Waals surface area contributed by atoms with E-state index in [1.165, 1.54) is 7.11 Å². The Bertz CT molecular complexity index is 469. The molecule has 1 aromatic rings. The van der Waals surface area contributed by atoms with Gasteiger partial charge in [0.2, 0.25) is 0 Å². The summed E-state index contributed by atoms with van der Waals surface area (Å²) < 4.78 is 31.9. The van der Waals surface area contributed by atoms with E-state index >= 15 is 0 Å². The van der Waals surface area contributed by atoms with Crippen molar-refractivity contribution >= 4 is 11.7 Å². The molecule has 0 amide bonds. The highest BCUT2D eigenvalue weighted by Gasteiger charge is 2.17. The second-order valence-electron chi connectivity index (χ2n) is 4.34. The number of carbonyl (C=O) groups is 1. The molecule has 0 fully saturated rings. The number of anilines is 1. The van der Waals surface area contributed by atoms with Crippen molar-refractivity contribution < 1.29 is 23.4 Å². The predicted molar refractivity (Wildman–Crippen MR) is 70.9 cm³/mol. The first-order valence-corrected chi connectivity index (χ1v) is 6.17. The molecule has 112 valence electrons. The number of rotatable bonds is 8. The molecule has 1 rings (SSSR count). The molecule has 0 heterocycles. The van der Waals surface area contributed by atoms with Crippen LogP contribution in [0.15, 0.2) is 12.1 Å². The summed E-state index contributed by atoms with van der Waals surface area (Å²) in [6.07, 6.45) is 1.33. The molecule has 0 radical (unpaired) electrons. The smallest absolute Gasteiger partial charge is 0.338 e. The van der Waals surface area contributed by atoms with Crippen LogP contribution in [-0.2, 0) is 4.74 Å². The van der Waals surface area contributed by atoms with E-state index in [-0.39, 0.29) is 11.7 Å². The van der Waals surface area contributed by atoms with E-state index in [9.17, 15) is 13.6 Å². The molecule has 0 spiro atoms. The minimum absolute atomic E-state index is 0.0668. The second-order valence-corrected chi connectivity index (χ2v) is 4.34. The van der Waals surface area contributed by atoms with E-state index in [1.807, 2.05) is 0 Å². The fraction of sp³-hybridized carbons (Fsp3) is 0.462. The first-order valence-electron chi connectivity index (χ1n) is 6.17. The van der Waals surface area contributed by atoms with Gasteiger partial charge in [-0.05, 0) is 25.5 Å². The van der Waals surface area contributed by atoms with Gasteiger partial charge in [0.1, 0.15) is 11.6 Å². The molecule has 0 aliphatic heterocycles. The maximum absolute atomic E-state index is 13.7. The summed E-state index contributed by atoms with van der Waals surface area (Å²) in [6.45, 7) is 0.785. The SMILES string of the molecule is COCC(CCCN)Nc1cc(C(=O)O)c(F)cc1F. The number of hydrogen-bond acceptors (Lipinski definition) is 4. The van der Waals surface area contributed by atoms with E-state index < -0.39 is 23.2 Å². The average molecular weight is 288 g/mol. The number of nitrogens with two attached hydrogens (primary N) is 1. The molecular weight excluding hydrogens is 270 g/mol. The van der Waals surface area contributed by atoms with Crippen LogP contribution in [0, 0.1) is 11.6 Å². The van der Waals surface area contributed by atoms with Gasteiger partial charge in [0.15, 0.2) is 0 Å². The number of benzene rings is 1. The van der Waals surface area contributed by atoms with Gasteiger partial charge in [0, 0.05) is 19.2 Å². The predicted octanol–water partition coefficient (Wildman–Crippen LogP) is 1.83. The Morgan fingerprint density at radius 3 is 2.70 bits per heavy atom. The number of ether oxygens (including phenoxy) is 1. The van der Waals surface area contributed by atoms with Gasteiger partial charge in [-0.3, -0.25) is 0 Å². The molecule has 1 aromatic carbocycles. The quantitative estimate of drug-likeness (QED) is 0.679. The van der Waals surface area contributed by atoms with Gasteiger partial charge < -0.3 is 20.9 Å². The van der Waals surface area contributed by atoms with Crippen LogP contribution < -0.4 is 11.1 Å². The molecule has 0 aliphatic carbocycles. The molecule has 0 aromatic heterocycles. The third-order valence-corrected chi connectivity index (χ3v) is 2.77. The topological polar surface area (TPSA) is 84.6 Å². The third-order valence-electron chi connectivity index (χ3n) is 2.77. The van der Waals surface area contributed by atoms with Gasteiger partial charge >= 0.3 is 5.97 Å². The van der Waals surface area contributed by atoms with Crippen LogP contribution in [0.1, 0.15) is 23.2 Å². The maximum Gasteiger partial charge on any atom is 0.338 e. The number of carboxylic acids is 1. The standard InChI is InChI=1S/C13H18F2N2O3/c1-20-7-8(3-2-4-16)17-12-5-9(13(18)19)10(14)6-11(12)15/h5-6,8,17H,2-4,7,16H2,1H3,(H,18,19). The first kappa shape index (κ1) is 16.3. The Morgan fingerprint density at radius 1 is 1.45 bits per heavy atom. The molecular formula is C13H18F2N2O3. The fourth-order valence-corrected chi connectivity index (χ4v) is 1.81. The van der Waals surface area contributed by atoms with E-state index in [2.05, 4.69) is 5.32 Å². The highest BCUT2D eigenvalue weighted by Crippen LogP contribution is 2.21. The Balaban J connectivity index is 2.93. The third kappa shape index (κ3) is 4.43. The lowest BCUT2D eigenvalue weighted by Gasteiger charge is -2.19. The lowest BCUT2D eigenvalue weighted by atomic mass is 10.1. The van der Waals surface area contributed by atoms with Crippen LogP contribution >= 0.6 is 0 Å². The van der Waals surface area contributed by atoms with Crippen molar-refractivity contribution in [3.63, 3.8) is 0 Å². The largest absolute Gasteiger partial charge is 0.478 e. The summed E-state index contributed by atoms with van der Waals surface area (Å²) in [5, 5.41) is 11.6. The summed E-state index contributed by atoms with van der Waals surface area (Å²) in [5.74, 6) is -3.40. The molecule has 0 saturated carbocycles. The zero-order chi connectivity index (χ0) is 15.1. The van der Waals surface area contributed by atoms with Gasteiger partial charge in [-0.25, -0.2) is 13.6 Å². The van der Waals surface area contributed by atoms with Gasteiger partial charge in [-0.15, -0.1) is 0 Å². The summed E-state index contributed by atoms with van der Waals surface area (Å²) in [6, 6.07) is 1.27. The molecule has 20 heavy (non-hydrogen) atoms. The average Bonchev–Trinajstić information content (AvgIpc) is 2.38. The number of carboxylic acid groups (broad SMARTS) is 1. The number of hydrogen-bond donors (Lipinski definition) is 3. The van der Waals surface area contributed by atoms with Crippen LogP contribution in [0.4, 0.5) is 14.5 Å². The molecule has 1 unspecified atom stereocenters. The van der Waals surface area contributed by atoms with Crippen molar-refractivity contribution in [3.05, 3.63) is 29.3 Å². The number of methoxy groups -OCH3 is 1. The van der Waals surface area contributed by atoms with E-state index in [1.54, 1.807) is 0 Å². The van der Waals surface area contributed by atoms with Crippen LogP contribution in [0.25, 0.3) is 0 Å². The summed E-state index contributed by atoms with van der Waals surface area (Å²) in [5.41, 5.74) is 4.76. The number of nitrogens with one attached hydrogen (secondary N) is 1. The Labute approximate surface area is 115 Å². The van der Waals surface area contributed by atoms with E-state index in [0.29, 0.717) is 32.1 Å². The lowest BCUT2D eigenvalue weighted by Crippen LogP contribution is -2.26. The normalized spacial score (nSPS) is 12.2. The Morgan fingerprint density at radius 2 is 2.15 bits per heavy atom. The fourth-order valence-electron chi connectivity index (χ4n) is 1.81. The Kier molecular flexibility index (Phi) is 6.33. The molecule has 0 saturated heterocycles.